The SMILES string of the molecule is COc1cc(C(=O)O)c(OC)[nH]1. The van der Waals surface area contributed by atoms with Gasteiger partial charge >= 0.3 is 5.97 Å². The van der Waals surface area contributed by atoms with Crippen molar-refractivity contribution in [2.75, 3.05) is 14.2 Å². The van der Waals surface area contributed by atoms with Crippen LogP contribution >= 0.6 is 0 Å². The molecule has 0 spiro atoms. The van der Waals surface area contributed by atoms with E-state index >= 15 is 0 Å². The van der Waals surface area contributed by atoms with E-state index in [-0.39, 0.29) is 11.4 Å². The van der Waals surface area contributed by atoms with Crippen LogP contribution in [0.4, 0.5) is 0 Å². The Kier molecular flexibility index (Phi) is 2.23. The van der Waals surface area contributed by atoms with E-state index in [0.29, 0.717) is 5.88 Å². The van der Waals surface area contributed by atoms with Crippen molar-refractivity contribution in [3.63, 3.8) is 0 Å². The number of hydrogen-bond donors (Lipinski definition) is 2. The number of carboxylic acid groups (broad SMARTS) is 1. The first kappa shape index (κ1) is 8.45. The molecule has 12 heavy (non-hydrogen) atoms. The first-order valence-corrected chi connectivity index (χ1v) is 3.23. The molecule has 0 radical (unpaired) electrons. The lowest BCUT2D eigenvalue weighted by atomic mass is 10.3. The highest BCUT2D eigenvalue weighted by Gasteiger charge is 2.14. The van der Waals surface area contributed by atoms with Crippen molar-refractivity contribution < 1.29 is 19.4 Å². The van der Waals surface area contributed by atoms with Crippen LogP contribution in [0.25, 0.3) is 0 Å². The smallest absolute Gasteiger partial charge is 0.341 e. The maximum Gasteiger partial charge on any atom is 0.341 e. The van der Waals surface area contributed by atoms with E-state index in [1.807, 2.05) is 0 Å². The Hall–Kier alpha value is -1.65. The van der Waals surface area contributed by atoms with Gasteiger partial charge in [-0.15, -0.1) is 0 Å². The van der Waals surface area contributed by atoms with Crippen molar-refractivity contribution in [2.45, 2.75) is 0 Å². The fraction of sp³-hybridized carbons (Fsp3) is 0.286. The first-order chi connectivity index (χ1) is 5.69. The number of nitrogens with one attached hydrogen (secondary N) is 1. The van der Waals surface area contributed by atoms with Gasteiger partial charge in [0.15, 0.2) is 5.88 Å². The van der Waals surface area contributed by atoms with Gasteiger partial charge in [0.25, 0.3) is 0 Å². The average Bonchev–Trinajstić information content (AvgIpc) is 2.47. The van der Waals surface area contributed by atoms with Crippen LogP contribution in [0.2, 0.25) is 0 Å². The molecule has 0 bridgehead atoms. The van der Waals surface area contributed by atoms with E-state index < -0.39 is 5.97 Å². The summed E-state index contributed by atoms with van der Waals surface area (Å²) in [6, 6.07) is 1.36. The third kappa shape index (κ3) is 1.34. The summed E-state index contributed by atoms with van der Waals surface area (Å²) in [4.78, 5) is 13.2. The van der Waals surface area contributed by atoms with Gasteiger partial charge in [0.05, 0.1) is 14.2 Å². The number of methoxy groups -OCH3 is 2. The molecule has 0 aliphatic carbocycles. The summed E-state index contributed by atoms with van der Waals surface area (Å²) < 4.78 is 9.56. The highest BCUT2D eigenvalue weighted by molar-refractivity contribution is 5.91. The van der Waals surface area contributed by atoms with E-state index in [0.717, 1.165) is 0 Å². The maximum atomic E-state index is 10.6. The van der Waals surface area contributed by atoms with E-state index in [1.54, 1.807) is 0 Å². The van der Waals surface area contributed by atoms with Crippen LogP contribution in [0.1, 0.15) is 10.4 Å². The minimum absolute atomic E-state index is 0.0642. The highest BCUT2D eigenvalue weighted by atomic mass is 16.5. The molecule has 0 amide bonds. The van der Waals surface area contributed by atoms with Crippen LogP contribution in [0, 0.1) is 0 Å². The van der Waals surface area contributed by atoms with Gasteiger partial charge in [-0.25, -0.2) is 4.79 Å². The quantitative estimate of drug-likeness (QED) is 0.703. The van der Waals surface area contributed by atoms with E-state index in [2.05, 4.69) is 4.98 Å². The molecule has 0 atom stereocenters. The van der Waals surface area contributed by atoms with E-state index in [9.17, 15) is 4.79 Å². The number of carbonyl (C=O) groups is 1. The third-order valence-electron chi connectivity index (χ3n) is 1.41. The Balaban J connectivity index is 3.08. The Morgan fingerprint density at radius 3 is 2.50 bits per heavy atom. The number of carboxylic acids is 1. The molecule has 1 heterocycles. The number of rotatable bonds is 3. The van der Waals surface area contributed by atoms with Gasteiger partial charge < -0.3 is 14.6 Å². The molecule has 0 aliphatic rings. The van der Waals surface area contributed by atoms with Crippen molar-refractivity contribution in [2.24, 2.45) is 0 Å². The zero-order valence-electron chi connectivity index (χ0n) is 6.75. The minimum atomic E-state index is -1.05. The van der Waals surface area contributed by atoms with Gasteiger partial charge in [-0.3, -0.25) is 4.98 Å². The summed E-state index contributed by atoms with van der Waals surface area (Å²) in [6.45, 7) is 0. The van der Waals surface area contributed by atoms with Gasteiger partial charge in [-0.2, -0.15) is 0 Å². The average molecular weight is 171 g/mol. The second-order valence-electron chi connectivity index (χ2n) is 2.09. The Labute approximate surface area is 68.9 Å². The molecular formula is C7H9NO4. The predicted molar refractivity (Wildman–Crippen MR) is 40.9 cm³/mol. The molecular weight excluding hydrogens is 162 g/mol. The summed E-state index contributed by atoms with van der Waals surface area (Å²) >= 11 is 0. The van der Waals surface area contributed by atoms with Crippen LogP contribution < -0.4 is 9.47 Å². The van der Waals surface area contributed by atoms with Gasteiger partial charge in [-0.1, -0.05) is 0 Å². The Morgan fingerprint density at radius 2 is 2.17 bits per heavy atom. The first-order valence-electron chi connectivity index (χ1n) is 3.23. The second kappa shape index (κ2) is 3.17. The Morgan fingerprint density at radius 1 is 1.50 bits per heavy atom. The zero-order chi connectivity index (χ0) is 9.14. The fourth-order valence-corrected chi connectivity index (χ4v) is 0.842. The standard InChI is InChI=1S/C7H9NO4/c1-11-5-3-4(7(9)10)6(8-5)12-2/h3,8H,1-2H3,(H,9,10). The number of H-pyrrole nitrogens is 1. The van der Waals surface area contributed by atoms with Gasteiger partial charge in [0, 0.05) is 6.07 Å². The normalized spacial score (nSPS) is 9.50. The number of aromatic carboxylic acids is 1. The topological polar surface area (TPSA) is 71.6 Å². The largest absolute Gasteiger partial charge is 0.482 e. The molecule has 0 fully saturated rings. The van der Waals surface area contributed by atoms with Crippen molar-refractivity contribution in [3.8, 4) is 11.8 Å². The number of aromatic nitrogens is 1. The van der Waals surface area contributed by atoms with Crippen LogP contribution in [0.15, 0.2) is 6.07 Å². The maximum absolute atomic E-state index is 10.6. The summed E-state index contributed by atoms with van der Waals surface area (Å²) in [6.07, 6.45) is 0. The van der Waals surface area contributed by atoms with E-state index in [4.69, 9.17) is 14.6 Å². The van der Waals surface area contributed by atoms with Gasteiger partial charge in [-0.05, 0) is 0 Å². The molecule has 2 N–H and O–H groups in total. The van der Waals surface area contributed by atoms with E-state index in [1.165, 1.54) is 20.3 Å². The van der Waals surface area contributed by atoms with Gasteiger partial charge in [0.1, 0.15) is 5.56 Å². The summed E-state index contributed by atoms with van der Waals surface area (Å²) in [5.74, 6) is -0.491. The number of hydrogen-bond acceptors (Lipinski definition) is 3. The monoisotopic (exact) mass is 171 g/mol. The summed E-state index contributed by atoms with van der Waals surface area (Å²) in [5.41, 5.74) is 0.0642. The molecule has 0 aliphatic heterocycles. The van der Waals surface area contributed by atoms with Crippen molar-refractivity contribution in [1.82, 2.24) is 4.98 Å². The molecule has 5 nitrogen and oxygen atoms in total. The lowest BCUT2D eigenvalue weighted by molar-refractivity contribution is 0.0693. The Bertz CT molecular complexity index is 292. The zero-order valence-corrected chi connectivity index (χ0v) is 6.75. The van der Waals surface area contributed by atoms with Crippen molar-refractivity contribution in [3.05, 3.63) is 11.6 Å². The molecule has 5 heteroatoms. The minimum Gasteiger partial charge on any atom is -0.482 e. The molecule has 0 aromatic carbocycles. The second-order valence-corrected chi connectivity index (χ2v) is 2.09. The van der Waals surface area contributed by atoms with Crippen molar-refractivity contribution in [1.29, 1.82) is 0 Å². The van der Waals surface area contributed by atoms with Crippen LogP contribution in [-0.4, -0.2) is 30.3 Å². The molecule has 66 valence electrons. The fourth-order valence-electron chi connectivity index (χ4n) is 0.842. The van der Waals surface area contributed by atoms with Gasteiger partial charge in [0.2, 0.25) is 5.88 Å². The molecule has 1 aromatic heterocycles. The number of aromatic amines is 1. The molecule has 1 rings (SSSR count). The van der Waals surface area contributed by atoms with Crippen LogP contribution in [-0.2, 0) is 0 Å². The highest BCUT2D eigenvalue weighted by Crippen LogP contribution is 2.22. The lowest BCUT2D eigenvalue weighted by Gasteiger charge is -1.95. The number of ether oxygens (including phenoxy) is 2. The third-order valence-corrected chi connectivity index (χ3v) is 1.41. The predicted octanol–water partition coefficient (Wildman–Crippen LogP) is 0.730. The summed E-state index contributed by atoms with van der Waals surface area (Å²) in [5, 5.41) is 8.65. The van der Waals surface area contributed by atoms with Crippen LogP contribution in [0.3, 0.4) is 0 Å². The molecule has 1 aromatic rings. The van der Waals surface area contributed by atoms with Crippen LogP contribution in [0.5, 0.6) is 11.8 Å². The lowest BCUT2D eigenvalue weighted by Crippen LogP contribution is -1.97. The molecule has 0 saturated carbocycles. The summed E-state index contributed by atoms with van der Waals surface area (Å²) in [7, 11) is 2.83. The van der Waals surface area contributed by atoms with Crippen molar-refractivity contribution >= 4 is 5.97 Å². The molecule has 0 saturated heterocycles. The molecule has 0 unspecified atom stereocenters.